The molecule has 1 N–H and O–H groups in total. The van der Waals surface area contributed by atoms with Crippen LogP contribution in [0.2, 0.25) is 0 Å². The topological polar surface area (TPSA) is 101 Å². The van der Waals surface area contributed by atoms with Gasteiger partial charge in [-0.05, 0) is 61.9 Å². The van der Waals surface area contributed by atoms with Crippen LogP contribution in [0.5, 0.6) is 0 Å². The summed E-state index contributed by atoms with van der Waals surface area (Å²) in [5, 5.41) is 2.62. The average molecular weight is 555 g/mol. The van der Waals surface area contributed by atoms with Crippen LogP contribution in [0.15, 0.2) is 82.6 Å². The number of hydrogen-bond acceptors (Lipinski definition) is 5. The van der Waals surface area contributed by atoms with Gasteiger partial charge in [-0.3, -0.25) is 9.10 Å². The maximum atomic E-state index is 13.4. The van der Waals surface area contributed by atoms with Crippen molar-refractivity contribution in [1.82, 2.24) is 5.32 Å². The lowest BCUT2D eigenvalue weighted by Crippen LogP contribution is -2.41. The highest BCUT2D eigenvalue weighted by Gasteiger charge is 2.33. The molecular weight excluding hydrogens is 529 g/mol. The van der Waals surface area contributed by atoms with Crippen molar-refractivity contribution < 1.29 is 34.8 Å². The van der Waals surface area contributed by atoms with E-state index in [2.05, 4.69) is 5.32 Å². The number of sulfone groups is 1. The van der Waals surface area contributed by atoms with E-state index in [1.807, 2.05) is 0 Å². The summed E-state index contributed by atoms with van der Waals surface area (Å²) >= 11 is 0. The second-order valence-corrected chi connectivity index (χ2v) is 12.4. The predicted molar refractivity (Wildman–Crippen MR) is 133 cm³/mol. The van der Waals surface area contributed by atoms with Crippen molar-refractivity contribution in [2.45, 2.75) is 35.9 Å². The van der Waals surface area contributed by atoms with Crippen LogP contribution in [0.1, 0.15) is 29.7 Å². The van der Waals surface area contributed by atoms with E-state index in [4.69, 9.17) is 0 Å². The van der Waals surface area contributed by atoms with Gasteiger partial charge in [0.05, 0.1) is 27.1 Å². The molecule has 3 aromatic carbocycles. The summed E-state index contributed by atoms with van der Waals surface area (Å²) in [5.41, 5.74) is -0.0599. The summed E-state index contributed by atoms with van der Waals surface area (Å²) in [6.07, 6.45) is -3.66. The van der Waals surface area contributed by atoms with Gasteiger partial charge in [0.15, 0.2) is 9.84 Å². The number of carbonyl (C=O) groups is 1. The zero-order valence-corrected chi connectivity index (χ0v) is 21.8. The van der Waals surface area contributed by atoms with Crippen LogP contribution in [-0.4, -0.2) is 35.5 Å². The Morgan fingerprint density at radius 1 is 0.919 bits per heavy atom. The first kappa shape index (κ1) is 28.2. The highest BCUT2D eigenvalue weighted by Crippen LogP contribution is 2.33. The molecule has 0 saturated heterocycles. The Bertz CT molecular complexity index is 1490. The van der Waals surface area contributed by atoms with Crippen molar-refractivity contribution in [2.24, 2.45) is 0 Å². The third kappa shape index (κ3) is 6.89. The predicted octanol–water partition coefficient (Wildman–Crippen LogP) is 4.49. The van der Waals surface area contributed by atoms with Gasteiger partial charge in [0, 0.05) is 6.26 Å². The lowest BCUT2D eigenvalue weighted by molar-refractivity contribution is -0.137. The van der Waals surface area contributed by atoms with E-state index in [-0.39, 0.29) is 15.5 Å². The number of aryl methyl sites for hydroxylation is 1. The fraction of sp³-hybridized carbons (Fsp3) is 0.240. The molecule has 198 valence electrons. The van der Waals surface area contributed by atoms with Crippen LogP contribution < -0.4 is 9.62 Å². The van der Waals surface area contributed by atoms with Crippen LogP contribution in [0, 0.1) is 6.92 Å². The van der Waals surface area contributed by atoms with Crippen molar-refractivity contribution in [3.8, 4) is 0 Å². The SMILES string of the molecule is Cc1ccc(S(=O)(=O)N(CC(=O)N[C@H](C)c2ccc(S(C)(=O)=O)cc2)c2cccc(C(F)(F)F)c2)cc1. The molecule has 0 aliphatic carbocycles. The summed E-state index contributed by atoms with van der Waals surface area (Å²) in [5.74, 6) is -0.771. The van der Waals surface area contributed by atoms with Gasteiger partial charge in [0.2, 0.25) is 5.91 Å². The molecule has 0 bridgehead atoms. The van der Waals surface area contributed by atoms with Gasteiger partial charge >= 0.3 is 6.18 Å². The molecule has 3 aromatic rings. The van der Waals surface area contributed by atoms with Gasteiger partial charge < -0.3 is 5.32 Å². The van der Waals surface area contributed by atoms with Crippen molar-refractivity contribution in [1.29, 1.82) is 0 Å². The van der Waals surface area contributed by atoms with Gasteiger partial charge in [-0.2, -0.15) is 13.2 Å². The molecule has 0 spiro atoms. The standard InChI is InChI=1S/C25H25F3N2O5S2/c1-17-7-11-23(12-8-17)37(34,35)30(21-6-4-5-20(15-21)25(26,27)28)16-24(31)29-18(2)19-9-13-22(14-10-19)36(3,32)33/h4-15,18H,16H2,1-3H3,(H,29,31)/t18-/m1/s1. The summed E-state index contributed by atoms with van der Waals surface area (Å²) in [7, 11) is -7.83. The molecule has 0 aromatic heterocycles. The largest absolute Gasteiger partial charge is 0.416 e. The molecule has 1 atom stereocenters. The van der Waals surface area contributed by atoms with Crippen LogP contribution in [0.25, 0.3) is 0 Å². The molecule has 0 fully saturated rings. The molecule has 3 rings (SSSR count). The van der Waals surface area contributed by atoms with Crippen molar-refractivity contribution >= 4 is 31.5 Å². The average Bonchev–Trinajstić information content (AvgIpc) is 2.82. The zero-order valence-electron chi connectivity index (χ0n) is 20.2. The van der Waals surface area contributed by atoms with Gasteiger partial charge in [-0.25, -0.2) is 16.8 Å². The second kappa shape index (κ2) is 10.5. The van der Waals surface area contributed by atoms with Crippen molar-refractivity contribution in [3.63, 3.8) is 0 Å². The minimum absolute atomic E-state index is 0.0923. The lowest BCUT2D eigenvalue weighted by Gasteiger charge is -2.26. The molecule has 0 aliphatic heterocycles. The van der Waals surface area contributed by atoms with Crippen LogP contribution >= 0.6 is 0 Å². The van der Waals surface area contributed by atoms with Crippen molar-refractivity contribution in [2.75, 3.05) is 17.1 Å². The second-order valence-electron chi connectivity index (χ2n) is 8.50. The summed E-state index contributed by atoms with van der Waals surface area (Å²) < 4.78 is 90.8. The zero-order chi connectivity index (χ0) is 27.6. The summed E-state index contributed by atoms with van der Waals surface area (Å²) in [6, 6.07) is 14.6. The first-order chi connectivity index (χ1) is 17.1. The lowest BCUT2D eigenvalue weighted by atomic mass is 10.1. The number of carbonyl (C=O) groups excluding carboxylic acids is 1. The first-order valence-electron chi connectivity index (χ1n) is 10.9. The number of alkyl halides is 3. The molecule has 0 heterocycles. The highest BCUT2D eigenvalue weighted by atomic mass is 32.2. The summed E-state index contributed by atoms with van der Waals surface area (Å²) in [4.78, 5) is 12.8. The molecule has 1 amide bonds. The highest BCUT2D eigenvalue weighted by molar-refractivity contribution is 7.93. The molecule has 0 unspecified atom stereocenters. The molecule has 0 radical (unpaired) electrons. The van der Waals surface area contributed by atoms with Gasteiger partial charge in [0.25, 0.3) is 10.0 Å². The Morgan fingerprint density at radius 2 is 1.49 bits per heavy atom. The normalized spacial score (nSPS) is 13.1. The van der Waals surface area contributed by atoms with Crippen LogP contribution in [0.4, 0.5) is 18.9 Å². The van der Waals surface area contributed by atoms with E-state index in [9.17, 15) is 34.8 Å². The third-order valence-electron chi connectivity index (χ3n) is 5.54. The number of halogens is 3. The smallest absolute Gasteiger partial charge is 0.348 e. The van der Waals surface area contributed by atoms with Gasteiger partial charge in [-0.1, -0.05) is 35.9 Å². The minimum Gasteiger partial charge on any atom is -0.348 e. The Kier molecular flexibility index (Phi) is 8.03. The van der Waals surface area contributed by atoms with E-state index in [1.54, 1.807) is 26.0 Å². The van der Waals surface area contributed by atoms with E-state index in [1.165, 1.54) is 42.5 Å². The van der Waals surface area contributed by atoms with E-state index in [0.29, 0.717) is 15.9 Å². The number of nitrogens with zero attached hydrogens (tertiary/aromatic N) is 1. The Labute approximate surface area is 213 Å². The number of anilines is 1. The maximum Gasteiger partial charge on any atom is 0.416 e. The molecule has 0 saturated carbocycles. The number of nitrogens with one attached hydrogen (secondary N) is 1. The number of benzene rings is 3. The molecule has 0 aliphatic rings. The van der Waals surface area contributed by atoms with E-state index >= 15 is 0 Å². The Morgan fingerprint density at radius 3 is 2.03 bits per heavy atom. The third-order valence-corrected chi connectivity index (χ3v) is 8.46. The number of sulfonamides is 1. The molecule has 7 nitrogen and oxygen atoms in total. The molecule has 37 heavy (non-hydrogen) atoms. The molecular formula is C25H25F3N2O5S2. The van der Waals surface area contributed by atoms with Crippen LogP contribution in [-0.2, 0) is 30.8 Å². The fourth-order valence-electron chi connectivity index (χ4n) is 3.49. The van der Waals surface area contributed by atoms with E-state index in [0.717, 1.165) is 24.0 Å². The Hall–Kier alpha value is -3.38. The summed E-state index contributed by atoms with van der Waals surface area (Å²) in [6.45, 7) is 2.57. The fourth-order valence-corrected chi connectivity index (χ4v) is 5.54. The first-order valence-corrected chi connectivity index (χ1v) is 14.3. The maximum absolute atomic E-state index is 13.4. The van der Waals surface area contributed by atoms with Crippen LogP contribution in [0.3, 0.4) is 0 Å². The van der Waals surface area contributed by atoms with Gasteiger partial charge in [-0.15, -0.1) is 0 Å². The minimum atomic E-state index is -4.72. The Balaban J connectivity index is 1.93. The number of hydrogen-bond donors (Lipinski definition) is 1. The quantitative estimate of drug-likeness (QED) is 0.442. The van der Waals surface area contributed by atoms with Gasteiger partial charge in [0.1, 0.15) is 6.54 Å². The monoisotopic (exact) mass is 554 g/mol. The number of amides is 1. The molecule has 12 heteroatoms. The number of rotatable bonds is 8. The van der Waals surface area contributed by atoms with E-state index < -0.39 is 50.1 Å². The van der Waals surface area contributed by atoms with Crippen molar-refractivity contribution in [3.05, 3.63) is 89.5 Å².